The van der Waals surface area contributed by atoms with Crippen molar-refractivity contribution < 1.29 is 21.9 Å². The molecule has 0 spiro atoms. The zero-order valence-corrected chi connectivity index (χ0v) is 12.4. The average molecular weight is 328 g/mol. The van der Waals surface area contributed by atoms with Crippen LogP contribution in [-0.4, -0.2) is 23.3 Å². The minimum atomic E-state index is -3.88. The maximum absolute atomic E-state index is 14.1. The monoisotopic (exact) mass is 328 g/mol. The molecule has 112 valence electrons. The van der Waals surface area contributed by atoms with E-state index in [-0.39, 0.29) is 15.4 Å². The van der Waals surface area contributed by atoms with E-state index in [1.54, 1.807) is 18.2 Å². The number of sulfone groups is 1. The molecule has 0 amide bonds. The van der Waals surface area contributed by atoms with Gasteiger partial charge in [-0.2, -0.15) is 10.6 Å². The summed E-state index contributed by atoms with van der Waals surface area (Å²) in [4.78, 5) is 0.0355. The molecule has 0 saturated carbocycles. The summed E-state index contributed by atoms with van der Waals surface area (Å²) in [6.07, 6.45) is 0. The number of benzene rings is 2. The molecule has 1 atom stereocenters. The van der Waals surface area contributed by atoms with E-state index in [2.05, 4.69) is 0 Å². The number of fused-ring (bicyclic) bond motifs is 1. The predicted octanol–water partition coefficient (Wildman–Crippen LogP) is 3.46. The van der Waals surface area contributed by atoms with Gasteiger partial charge < -0.3 is 0 Å². The lowest BCUT2D eigenvalue weighted by Gasteiger charge is -2.27. The van der Waals surface area contributed by atoms with Crippen molar-refractivity contribution >= 4 is 20.4 Å². The molecule has 3 rings (SSSR count). The van der Waals surface area contributed by atoms with Crippen LogP contribution in [0.25, 0.3) is 0 Å². The van der Waals surface area contributed by atoms with Crippen molar-refractivity contribution in [1.29, 1.82) is 0 Å². The Balaban J connectivity index is 2.19. The van der Waals surface area contributed by atoms with Crippen LogP contribution in [0.2, 0.25) is 0 Å². The lowest BCUT2D eigenvalue weighted by Crippen LogP contribution is -2.15. The Bertz CT molecular complexity index is 788. The molecule has 21 heavy (non-hydrogen) atoms. The van der Waals surface area contributed by atoms with Crippen molar-refractivity contribution in [1.82, 2.24) is 0 Å². The molecule has 1 unspecified atom stereocenters. The second-order valence-electron chi connectivity index (χ2n) is 4.83. The zero-order valence-electron chi connectivity index (χ0n) is 10.8. The molecule has 0 bridgehead atoms. The fourth-order valence-electron chi connectivity index (χ4n) is 2.52. The van der Waals surface area contributed by atoms with Crippen LogP contribution in [0.3, 0.4) is 0 Å². The highest BCUT2D eigenvalue weighted by molar-refractivity contribution is 8.25. The highest BCUT2D eigenvalue weighted by Gasteiger charge is 2.44. The Kier molecular flexibility index (Phi) is 3.32. The van der Waals surface area contributed by atoms with Crippen LogP contribution < -0.4 is 0 Å². The van der Waals surface area contributed by atoms with Crippen molar-refractivity contribution in [2.45, 2.75) is 15.0 Å². The Labute approximate surface area is 123 Å². The molecule has 0 radical (unpaired) electrons. The summed E-state index contributed by atoms with van der Waals surface area (Å²) in [6, 6.07) is 11.5. The fourth-order valence-corrected chi connectivity index (χ4v) is 6.95. The normalized spacial score (nSPS) is 21.8. The Hall–Kier alpha value is -1.41. The first-order chi connectivity index (χ1) is 9.84. The molecule has 1 aliphatic rings. The minimum Gasteiger partial charge on any atom is -0.295 e. The highest BCUT2D eigenvalue weighted by Crippen LogP contribution is 2.61. The minimum absolute atomic E-state index is 0.00740. The Morgan fingerprint density at radius 1 is 1.05 bits per heavy atom. The lowest BCUT2D eigenvalue weighted by atomic mass is 10.1. The van der Waals surface area contributed by atoms with Gasteiger partial charge in [-0.25, -0.2) is 12.8 Å². The van der Waals surface area contributed by atoms with Crippen molar-refractivity contribution in [3.05, 3.63) is 59.9 Å². The number of hydrogen-bond acceptors (Lipinski definition) is 4. The summed E-state index contributed by atoms with van der Waals surface area (Å²) in [5.74, 6) is -1.13. The van der Waals surface area contributed by atoms with E-state index in [1.165, 1.54) is 24.3 Å². The molecule has 0 aliphatic carbocycles. The summed E-state index contributed by atoms with van der Waals surface area (Å²) in [6.45, 7) is 0. The summed E-state index contributed by atoms with van der Waals surface area (Å²) >= 11 is 0. The molecule has 1 heterocycles. The zero-order chi connectivity index (χ0) is 15.3. The van der Waals surface area contributed by atoms with Crippen LogP contribution in [0.1, 0.15) is 10.8 Å². The van der Waals surface area contributed by atoms with Crippen LogP contribution in [0.15, 0.2) is 58.3 Å². The van der Waals surface area contributed by atoms with Gasteiger partial charge in [0.2, 0.25) is 0 Å². The predicted molar refractivity (Wildman–Crippen MR) is 78.8 cm³/mol. The van der Waals surface area contributed by atoms with E-state index < -0.39 is 37.2 Å². The Morgan fingerprint density at radius 2 is 1.71 bits per heavy atom. The third kappa shape index (κ3) is 2.26. The SMILES string of the molecule is O=S(=O)(c1ccccc1)C1CS(O)(O)c2cccc(F)c21. The second kappa shape index (κ2) is 4.81. The smallest absolute Gasteiger partial charge is 0.187 e. The van der Waals surface area contributed by atoms with E-state index in [0.29, 0.717) is 0 Å². The molecule has 0 fully saturated rings. The molecule has 0 aromatic heterocycles. The molecule has 2 aromatic rings. The van der Waals surface area contributed by atoms with Gasteiger partial charge in [0.1, 0.15) is 11.1 Å². The molecular formula is C14H13FO4S2. The van der Waals surface area contributed by atoms with Gasteiger partial charge >= 0.3 is 0 Å². The van der Waals surface area contributed by atoms with Gasteiger partial charge in [-0.15, -0.1) is 0 Å². The van der Waals surface area contributed by atoms with Gasteiger partial charge in [0.25, 0.3) is 0 Å². The van der Waals surface area contributed by atoms with E-state index in [4.69, 9.17) is 0 Å². The van der Waals surface area contributed by atoms with E-state index in [0.717, 1.165) is 6.07 Å². The fraction of sp³-hybridized carbons (Fsp3) is 0.143. The van der Waals surface area contributed by atoms with Gasteiger partial charge in [0, 0.05) is 5.56 Å². The van der Waals surface area contributed by atoms with Crippen LogP contribution >= 0.6 is 10.6 Å². The van der Waals surface area contributed by atoms with E-state index >= 15 is 0 Å². The van der Waals surface area contributed by atoms with Crippen molar-refractivity contribution in [2.75, 3.05) is 5.75 Å². The second-order valence-corrected chi connectivity index (χ2v) is 9.07. The van der Waals surface area contributed by atoms with E-state index in [9.17, 15) is 21.9 Å². The topological polar surface area (TPSA) is 74.6 Å². The van der Waals surface area contributed by atoms with Gasteiger partial charge in [-0.1, -0.05) is 24.3 Å². The third-order valence-electron chi connectivity index (χ3n) is 3.52. The largest absolute Gasteiger partial charge is 0.295 e. The quantitative estimate of drug-likeness (QED) is 0.885. The lowest BCUT2D eigenvalue weighted by molar-refractivity contribution is 0.491. The molecule has 4 nitrogen and oxygen atoms in total. The van der Waals surface area contributed by atoms with Crippen molar-refractivity contribution in [2.24, 2.45) is 0 Å². The van der Waals surface area contributed by atoms with Crippen LogP contribution in [0.5, 0.6) is 0 Å². The molecule has 7 heteroatoms. The van der Waals surface area contributed by atoms with Crippen molar-refractivity contribution in [3.8, 4) is 0 Å². The molecule has 2 aromatic carbocycles. The van der Waals surface area contributed by atoms with Crippen LogP contribution in [-0.2, 0) is 9.84 Å². The number of rotatable bonds is 2. The summed E-state index contributed by atoms with van der Waals surface area (Å²) in [5.41, 5.74) is -0.124. The van der Waals surface area contributed by atoms with Gasteiger partial charge in [0.15, 0.2) is 9.84 Å². The first-order valence-corrected chi connectivity index (χ1v) is 9.43. The Morgan fingerprint density at radius 3 is 2.38 bits per heavy atom. The van der Waals surface area contributed by atoms with Gasteiger partial charge in [-0.05, 0) is 24.3 Å². The summed E-state index contributed by atoms with van der Waals surface area (Å²) < 4.78 is 59.5. The standard InChI is InChI=1S/C14H13FO4S2/c15-11-7-4-8-12-14(11)13(9-20(12,16)17)21(18,19)10-5-2-1-3-6-10/h1-8,13,16-17H,9H2. The summed E-state index contributed by atoms with van der Waals surface area (Å²) in [7, 11) is -7.17. The van der Waals surface area contributed by atoms with Crippen molar-refractivity contribution in [3.63, 3.8) is 0 Å². The third-order valence-corrected chi connectivity index (χ3v) is 7.67. The molecule has 0 saturated heterocycles. The first-order valence-electron chi connectivity index (χ1n) is 6.17. The molecule has 2 N–H and O–H groups in total. The van der Waals surface area contributed by atoms with Crippen LogP contribution in [0.4, 0.5) is 4.39 Å². The van der Waals surface area contributed by atoms with Gasteiger partial charge in [0.05, 0.1) is 15.5 Å². The maximum atomic E-state index is 14.1. The average Bonchev–Trinajstić information content (AvgIpc) is 2.74. The number of hydrogen-bond donors (Lipinski definition) is 2. The number of halogens is 1. The van der Waals surface area contributed by atoms with Gasteiger partial charge in [-0.3, -0.25) is 9.11 Å². The highest BCUT2D eigenvalue weighted by atomic mass is 32.3. The molecular weight excluding hydrogens is 315 g/mol. The van der Waals surface area contributed by atoms with Crippen LogP contribution in [0, 0.1) is 5.82 Å². The summed E-state index contributed by atoms with van der Waals surface area (Å²) in [5, 5.41) is -1.28. The first kappa shape index (κ1) is 14.5. The molecule has 1 aliphatic heterocycles. The maximum Gasteiger partial charge on any atom is 0.187 e. The van der Waals surface area contributed by atoms with E-state index in [1.807, 2.05) is 0 Å².